The number of carbonyl (C=O) groups excluding carboxylic acids is 2. The van der Waals surface area contributed by atoms with Gasteiger partial charge >= 0.3 is 11.9 Å². The molecule has 1 unspecified atom stereocenters. The van der Waals surface area contributed by atoms with Gasteiger partial charge in [0.2, 0.25) is 0 Å². The van der Waals surface area contributed by atoms with Crippen LogP contribution in [0.4, 0.5) is 0 Å². The summed E-state index contributed by atoms with van der Waals surface area (Å²) >= 11 is 0. The van der Waals surface area contributed by atoms with Crippen LogP contribution in [-0.4, -0.2) is 37.9 Å². The van der Waals surface area contributed by atoms with Gasteiger partial charge in [-0.3, -0.25) is 9.59 Å². The van der Waals surface area contributed by atoms with Crippen molar-refractivity contribution in [2.45, 2.75) is 207 Å². The minimum atomic E-state index is -0.587. The van der Waals surface area contributed by atoms with E-state index in [9.17, 15) is 9.59 Å². The van der Waals surface area contributed by atoms with Gasteiger partial charge in [0.1, 0.15) is 6.61 Å². The lowest BCUT2D eigenvalue weighted by Crippen LogP contribution is -2.30. The molecule has 0 aliphatic carbocycles. The Morgan fingerprint density at radius 2 is 0.776 bits per heavy atom. The van der Waals surface area contributed by atoms with E-state index in [0.29, 0.717) is 19.4 Å². The van der Waals surface area contributed by atoms with Crippen molar-refractivity contribution in [2.24, 2.45) is 0 Å². The third-order valence-corrected chi connectivity index (χ3v) is 9.58. The van der Waals surface area contributed by atoms with Crippen molar-refractivity contribution in [3.05, 3.63) is 97.2 Å². The van der Waals surface area contributed by atoms with E-state index >= 15 is 0 Å². The third kappa shape index (κ3) is 45.5. The van der Waals surface area contributed by atoms with Gasteiger partial charge in [-0.15, -0.1) is 0 Å². The molecule has 0 rings (SSSR count). The first kappa shape index (κ1) is 54.8. The van der Waals surface area contributed by atoms with Crippen LogP contribution in [0.1, 0.15) is 201 Å². The van der Waals surface area contributed by atoms with Crippen LogP contribution < -0.4 is 0 Å². The molecule has 1 atom stereocenters. The van der Waals surface area contributed by atoms with Gasteiger partial charge in [0.15, 0.2) is 6.10 Å². The molecule has 0 spiro atoms. The number of esters is 2. The van der Waals surface area contributed by atoms with Gasteiger partial charge in [0, 0.05) is 19.4 Å². The maximum absolute atomic E-state index is 12.7. The van der Waals surface area contributed by atoms with E-state index in [1.807, 2.05) is 0 Å². The molecule has 0 radical (unpaired) electrons. The van der Waals surface area contributed by atoms with Crippen LogP contribution in [0, 0.1) is 0 Å². The number of allylic oxidation sites excluding steroid dienone is 16. The third-order valence-electron chi connectivity index (χ3n) is 9.58. The van der Waals surface area contributed by atoms with Gasteiger partial charge in [-0.2, -0.15) is 0 Å². The maximum Gasteiger partial charge on any atom is 0.306 e. The SMILES string of the molecule is CC/C=C\C/C=C\C/C=C\C/C=C\CCCOCC(COC(=O)CCCCCCC/C=C\CCCCCCCC)OC(=O)CCCCC/C=C\C/C=C\C/C=C\CC. The first-order valence-electron chi connectivity index (χ1n) is 23.8. The molecule has 5 heteroatoms. The highest BCUT2D eigenvalue weighted by Crippen LogP contribution is 2.12. The van der Waals surface area contributed by atoms with Crippen molar-refractivity contribution in [1.29, 1.82) is 0 Å². The Balaban J connectivity index is 4.42. The molecule has 0 N–H and O–H groups in total. The Morgan fingerprint density at radius 1 is 0.397 bits per heavy atom. The zero-order valence-electron chi connectivity index (χ0n) is 37.8. The quantitative estimate of drug-likeness (QED) is 0.0349. The molecule has 0 saturated heterocycles. The topological polar surface area (TPSA) is 61.8 Å². The maximum atomic E-state index is 12.7. The predicted molar refractivity (Wildman–Crippen MR) is 251 cm³/mol. The zero-order chi connectivity index (χ0) is 42.1. The smallest absolute Gasteiger partial charge is 0.306 e. The summed E-state index contributed by atoms with van der Waals surface area (Å²) in [4.78, 5) is 25.3. The summed E-state index contributed by atoms with van der Waals surface area (Å²) in [6.45, 7) is 7.40. The normalized spacial score (nSPS) is 13.1. The fraction of sp³-hybridized carbons (Fsp3) is 0.660. The van der Waals surface area contributed by atoms with E-state index in [-0.39, 0.29) is 25.2 Å². The molecule has 0 fully saturated rings. The molecule has 0 saturated carbocycles. The Morgan fingerprint density at radius 3 is 1.28 bits per heavy atom. The van der Waals surface area contributed by atoms with Crippen LogP contribution in [0.15, 0.2) is 97.2 Å². The second-order valence-electron chi connectivity index (χ2n) is 15.2. The average molecular weight is 805 g/mol. The lowest BCUT2D eigenvalue weighted by molar-refractivity contribution is -0.163. The van der Waals surface area contributed by atoms with E-state index in [2.05, 4.69) is 118 Å². The van der Waals surface area contributed by atoms with Gasteiger partial charge in [0.05, 0.1) is 6.61 Å². The fourth-order valence-corrected chi connectivity index (χ4v) is 6.11. The molecule has 5 nitrogen and oxygen atoms in total. The molecule has 0 aromatic carbocycles. The highest BCUT2D eigenvalue weighted by Gasteiger charge is 2.17. The molecule has 0 aliphatic heterocycles. The van der Waals surface area contributed by atoms with Gasteiger partial charge in [0.25, 0.3) is 0 Å². The lowest BCUT2D eigenvalue weighted by Gasteiger charge is -2.18. The largest absolute Gasteiger partial charge is 0.462 e. The minimum absolute atomic E-state index is 0.0423. The molecule has 0 aliphatic rings. The molecule has 58 heavy (non-hydrogen) atoms. The van der Waals surface area contributed by atoms with Crippen LogP contribution in [0.5, 0.6) is 0 Å². The van der Waals surface area contributed by atoms with Gasteiger partial charge in [-0.25, -0.2) is 0 Å². The average Bonchev–Trinajstić information content (AvgIpc) is 3.22. The fourth-order valence-electron chi connectivity index (χ4n) is 6.11. The second-order valence-corrected chi connectivity index (χ2v) is 15.2. The van der Waals surface area contributed by atoms with Gasteiger partial charge in [-0.05, 0) is 109 Å². The summed E-state index contributed by atoms with van der Waals surface area (Å²) < 4.78 is 17.2. The van der Waals surface area contributed by atoms with Crippen LogP contribution >= 0.6 is 0 Å². The standard InChI is InChI=1S/C53H88O5/c1-4-7-10-13-16-19-22-25-27-29-31-34-37-40-43-46-52(54)57-50-51(49-56-48-45-42-39-36-33-30-26-23-20-17-14-11-8-5-2)58-53(55)47-44-41-38-35-32-28-24-21-18-15-12-9-6-3/h8-9,11-12,17-18,20-21,25-28,30,32,36,39,51H,4-7,10,13-16,19,22-24,29,31,33-35,37-38,40-50H2,1-3H3/b11-8-,12-9-,20-17-,21-18-,27-25-,30-26-,32-28-,39-36-. The number of carbonyl (C=O) groups is 2. The highest BCUT2D eigenvalue weighted by atomic mass is 16.6. The second kappa shape index (κ2) is 48.2. The Hall–Kier alpha value is -3.18. The number of hydrogen-bond acceptors (Lipinski definition) is 5. The van der Waals surface area contributed by atoms with E-state index in [4.69, 9.17) is 14.2 Å². The minimum Gasteiger partial charge on any atom is -0.462 e. The summed E-state index contributed by atoms with van der Waals surface area (Å²) in [5, 5.41) is 0. The van der Waals surface area contributed by atoms with Crippen molar-refractivity contribution >= 4 is 11.9 Å². The Labute approximate surface area is 358 Å². The summed E-state index contributed by atoms with van der Waals surface area (Å²) in [5.41, 5.74) is 0. The Bertz CT molecular complexity index is 1140. The number of ether oxygens (including phenoxy) is 3. The van der Waals surface area contributed by atoms with Crippen LogP contribution in [0.25, 0.3) is 0 Å². The van der Waals surface area contributed by atoms with Crippen molar-refractivity contribution in [3.8, 4) is 0 Å². The van der Waals surface area contributed by atoms with E-state index in [1.54, 1.807) is 0 Å². The number of hydrogen-bond donors (Lipinski definition) is 0. The molecule has 330 valence electrons. The molecular formula is C53H88O5. The summed E-state index contributed by atoms with van der Waals surface area (Å²) in [6, 6.07) is 0. The number of rotatable bonds is 42. The van der Waals surface area contributed by atoms with Gasteiger partial charge in [-0.1, -0.05) is 176 Å². The van der Waals surface area contributed by atoms with E-state index in [1.165, 1.54) is 57.8 Å². The highest BCUT2D eigenvalue weighted by molar-refractivity contribution is 5.70. The van der Waals surface area contributed by atoms with Crippen molar-refractivity contribution in [2.75, 3.05) is 19.8 Å². The predicted octanol–water partition coefficient (Wildman–Crippen LogP) is 15.9. The van der Waals surface area contributed by atoms with E-state index in [0.717, 1.165) is 109 Å². The van der Waals surface area contributed by atoms with E-state index < -0.39 is 6.10 Å². The van der Waals surface area contributed by atoms with Crippen molar-refractivity contribution in [3.63, 3.8) is 0 Å². The lowest BCUT2D eigenvalue weighted by atomic mass is 10.1. The van der Waals surface area contributed by atoms with Crippen LogP contribution in [0.3, 0.4) is 0 Å². The molecule has 0 aromatic rings. The summed E-state index contributed by atoms with van der Waals surface area (Å²) in [7, 11) is 0. The van der Waals surface area contributed by atoms with Gasteiger partial charge < -0.3 is 14.2 Å². The Kier molecular flexibility index (Phi) is 45.5. The zero-order valence-corrected chi connectivity index (χ0v) is 37.8. The van der Waals surface area contributed by atoms with Crippen molar-refractivity contribution < 1.29 is 23.8 Å². The van der Waals surface area contributed by atoms with Crippen molar-refractivity contribution in [1.82, 2.24) is 0 Å². The van der Waals surface area contributed by atoms with Crippen LogP contribution in [-0.2, 0) is 23.8 Å². The monoisotopic (exact) mass is 805 g/mol. The first-order valence-corrected chi connectivity index (χ1v) is 23.8. The van der Waals surface area contributed by atoms with Crippen LogP contribution in [0.2, 0.25) is 0 Å². The number of unbranched alkanes of at least 4 members (excludes halogenated alkanes) is 15. The molecule has 0 heterocycles. The molecular weight excluding hydrogens is 717 g/mol. The molecule has 0 bridgehead atoms. The summed E-state index contributed by atoms with van der Waals surface area (Å²) in [6.07, 6.45) is 64.2. The molecule has 0 aromatic heterocycles. The molecule has 0 amide bonds. The first-order chi connectivity index (χ1) is 28.6. The summed E-state index contributed by atoms with van der Waals surface area (Å²) in [5.74, 6) is -0.477.